The summed E-state index contributed by atoms with van der Waals surface area (Å²) in [6.45, 7) is 3.70. The summed E-state index contributed by atoms with van der Waals surface area (Å²) in [5.74, 6) is 0.586. The van der Waals surface area contributed by atoms with Crippen molar-refractivity contribution in [3.05, 3.63) is 60.2 Å². The van der Waals surface area contributed by atoms with Crippen LogP contribution in [0.25, 0.3) is 0 Å². The van der Waals surface area contributed by atoms with Gasteiger partial charge >= 0.3 is 0 Å². The Hall–Kier alpha value is -1.83. The first-order valence-electron chi connectivity index (χ1n) is 5.85. The minimum absolute atomic E-state index is 0.586. The standard InChI is InChI=1S/C15H20N2/c1-3-4-5-6-7-9-13-10-8-11-14(12-13)15(16)17-2/h3,6-8,10-12H,1,4-5,9H2,2H3,(H2,16,17)/b7-6-. The molecule has 17 heavy (non-hydrogen) atoms. The van der Waals surface area contributed by atoms with Gasteiger partial charge in [0.25, 0.3) is 0 Å². The van der Waals surface area contributed by atoms with E-state index in [1.54, 1.807) is 7.05 Å². The van der Waals surface area contributed by atoms with Gasteiger partial charge in [0.1, 0.15) is 5.84 Å². The molecular weight excluding hydrogens is 208 g/mol. The second-order valence-corrected chi connectivity index (χ2v) is 3.85. The van der Waals surface area contributed by atoms with Gasteiger partial charge in [-0.3, -0.25) is 4.99 Å². The summed E-state index contributed by atoms with van der Waals surface area (Å²) in [5.41, 5.74) is 8.02. The van der Waals surface area contributed by atoms with Crippen LogP contribution in [0.15, 0.2) is 54.1 Å². The first kappa shape index (κ1) is 13.2. The molecule has 0 amide bonds. The van der Waals surface area contributed by atoms with Crippen LogP contribution in [-0.4, -0.2) is 12.9 Å². The number of aliphatic imine (C=N–C) groups is 1. The highest BCUT2D eigenvalue weighted by molar-refractivity contribution is 5.97. The lowest BCUT2D eigenvalue weighted by atomic mass is 10.1. The molecule has 0 fully saturated rings. The molecule has 2 nitrogen and oxygen atoms in total. The average Bonchev–Trinajstić information content (AvgIpc) is 2.38. The normalized spacial score (nSPS) is 11.9. The molecule has 0 saturated carbocycles. The zero-order valence-corrected chi connectivity index (χ0v) is 10.4. The van der Waals surface area contributed by atoms with Crippen LogP contribution < -0.4 is 5.73 Å². The molecule has 0 aliphatic rings. The fourth-order valence-corrected chi connectivity index (χ4v) is 1.54. The fraction of sp³-hybridized carbons (Fsp3) is 0.267. The summed E-state index contributed by atoms with van der Waals surface area (Å²) in [7, 11) is 1.71. The number of allylic oxidation sites excluding steroid dienone is 3. The van der Waals surface area contributed by atoms with E-state index >= 15 is 0 Å². The highest BCUT2D eigenvalue weighted by atomic mass is 14.8. The van der Waals surface area contributed by atoms with Gasteiger partial charge in [0.05, 0.1) is 0 Å². The third-order valence-corrected chi connectivity index (χ3v) is 2.52. The van der Waals surface area contributed by atoms with E-state index in [0.717, 1.165) is 24.8 Å². The number of amidine groups is 1. The number of nitrogens with two attached hydrogens (primary N) is 1. The van der Waals surface area contributed by atoms with Crippen LogP contribution in [0, 0.1) is 0 Å². The predicted octanol–water partition coefficient (Wildman–Crippen LogP) is 3.09. The molecule has 1 aromatic rings. The SMILES string of the molecule is C=CCC/C=C\Cc1cccc(C(N)=NC)c1. The molecular formula is C15H20N2. The quantitative estimate of drug-likeness (QED) is 0.345. The number of rotatable bonds is 6. The van der Waals surface area contributed by atoms with Crippen LogP contribution in [0.4, 0.5) is 0 Å². The maximum absolute atomic E-state index is 5.78. The highest BCUT2D eigenvalue weighted by Crippen LogP contribution is 2.07. The summed E-state index contributed by atoms with van der Waals surface area (Å²) in [6.07, 6.45) is 9.33. The lowest BCUT2D eigenvalue weighted by Crippen LogP contribution is -2.12. The lowest BCUT2D eigenvalue weighted by molar-refractivity contribution is 1.04. The minimum Gasteiger partial charge on any atom is -0.384 e. The van der Waals surface area contributed by atoms with E-state index < -0.39 is 0 Å². The smallest absolute Gasteiger partial charge is 0.125 e. The second-order valence-electron chi connectivity index (χ2n) is 3.85. The van der Waals surface area contributed by atoms with Crippen molar-refractivity contribution in [1.29, 1.82) is 0 Å². The molecule has 0 heterocycles. The molecule has 0 bridgehead atoms. The molecule has 0 aliphatic heterocycles. The van der Waals surface area contributed by atoms with Crippen molar-refractivity contribution in [2.45, 2.75) is 19.3 Å². The van der Waals surface area contributed by atoms with Crippen molar-refractivity contribution in [3.63, 3.8) is 0 Å². The number of hydrogen-bond donors (Lipinski definition) is 1. The van der Waals surface area contributed by atoms with Gasteiger partial charge in [-0.1, -0.05) is 36.4 Å². The average molecular weight is 228 g/mol. The van der Waals surface area contributed by atoms with Crippen LogP contribution >= 0.6 is 0 Å². The van der Waals surface area contributed by atoms with Gasteiger partial charge in [0, 0.05) is 12.6 Å². The van der Waals surface area contributed by atoms with Gasteiger partial charge < -0.3 is 5.73 Å². The van der Waals surface area contributed by atoms with Gasteiger partial charge in [-0.15, -0.1) is 6.58 Å². The van der Waals surface area contributed by atoms with Gasteiger partial charge in [-0.2, -0.15) is 0 Å². The van der Waals surface area contributed by atoms with E-state index in [1.165, 1.54) is 5.56 Å². The van der Waals surface area contributed by atoms with Crippen molar-refractivity contribution in [2.24, 2.45) is 10.7 Å². The highest BCUT2D eigenvalue weighted by Gasteiger charge is 1.97. The Balaban J connectivity index is 2.60. The Kier molecular flexibility index (Phi) is 5.80. The number of unbranched alkanes of at least 4 members (excludes halogenated alkanes) is 1. The molecule has 0 unspecified atom stereocenters. The Morgan fingerprint density at radius 3 is 2.88 bits per heavy atom. The minimum atomic E-state index is 0.586. The van der Waals surface area contributed by atoms with Crippen LogP contribution in [0.2, 0.25) is 0 Å². The third-order valence-electron chi connectivity index (χ3n) is 2.52. The first-order chi connectivity index (χ1) is 8.27. The zero-order chi connectivity index (χ0) is 12.5. The van der Waals surface area contributed by atoms with E-state index in [2.05, 4.69) is 35.9 Å². The molecule has 1 aromatic carbocycles. The Labute approximate surface area is 104 Å². The van der Waals surface area contributed by atoms with E-state index in [0.29, 0.717) is 5.84 Å². The number of hydrogen-bond acceptors (Lipinski definition) is 1. The van der Waals surface area contributed by atoms with E-state index in [4.69, 9.17) is 5.73 Å². The van der Waals surface area contributed by atoms with Gasteiger partial charge in [0.15, 0.2) is 0 Å². The lowest BCUT2D eigenvalue weighted by Gasteiger charge is -2.02. The topological polar surface area (TPSA) is 38.4 Å². The monoisotopic (exact) mass is 228 g/mol. The number of nitrogens with zero attached hydrogens (tertiary/aromatic N) is 1. The largest absolute Gasteiger partial charge is 0.384 e. The molecule has 0 saturated heterocycles. The molecule has 2 heteroatoms. The summed E-state index contributed by atoms with van der Waals surface area (Å²) in [6, 6.07) is 8.18. The van der Waals surface area contributed by atoms with Gasteiger partial charge in [-0.25, -0.2) is 0 Å². The molecule has 0 spiro atoms. The van der Waals surface area contributed by atoms with Crippen LogP contribution in [0.3, 0.4) is 0 Å². The summed E-state index contributed by atoms with van der Waals surface area (Å²) >= 11 is 0. The molecule has 90 valence electrons. The second kappa shape index (κ2) is 7.44. The molecule has 0 aromatic heterocycles. The van der Waals surface area contributed by atoms with Crippen molar-refractivity contribution in [3.8, 4) is 0 Å². The maximum atomic E-state index is 5.78. The Morgan fingerprint density at radius 2 is 2.18 bits per heavy atom. The van der Waals surface area contributed by atoms with Gasteiger partial charge in [-0.05, 0) is 30.9 Å². The van der Waals surface area contributed by atoms with Crippen molar-refractivity contribution < 1.29 is 0 Å². The molecule has 2 N–H and O–H groups in total. The van der Waals surface area contributed by atoms with E-state index in [1.807, 2.05) is 18.2 Å². The Morgan fingerprint density at radius 1 is 1.35 bits per heavy atom. The molecule has 0 atom stereocenters. The summed E-state index contributed by atoms with van der Waals surface area (Å²) in [4.78, 5) is 3.99. The van der Waals surface area contributed by atoms with Crippen LogP contribution in [-0.2, 0) is 6.42 Å². The van der Waals surface area contributed by atoms with Crippen molar-refractivity contribution >= 4 is 5.84 Å². The number of benzene rings is 1. The van der Waals surface area contributed by atoms with Crippen LogP contribution in [0.5, 0.6) is 0 Å². The fourth-order valence-electron chi connectivity index (χ4n) is 1.54. The summed E-state index contributed by atoms with van der Waals surface area (Å²) < 4.78 is 0. The van der Waals surface area contributed by atoms with Crippen molar-refractivity contribution in [2.75, 3.05) is 7.05 Å². The third kappa shape index (κ3) is 4.68. The molecule has 0 aliphatic carbocycles. The predicted molar refractivity (Wildman–Crippen MR) is 75.4 cm³/mol. The molecule has 0 radical (unpaired) electrons. The van der Waals surface area contributed by atoms with E-state index in [9.17, 15) is 0 Å². The molecule has 1 rings (SSSR count). The maximum Gasteiger partial charge on any atom is 0.125 e. The Bertz CT molecular complexity index is 417. The van der Waals surface area contributed by atoms with Crippen LogP contribution in [0.1, 0.15) is 24.0 Å². The van der Waals surface area contributed by atoms with E-state index in [-0.39, 0.29) is 0 Å². The first-order valence-corrected chi connectivity index (χ1v) is 5.85. The summed E-state index contributed by atoms with van der Waals surface area (Å²) in [5, 5.41) is 0. The zero-order valence-electron chi connectivity index (χ0n) is 10.4. The van der Waals surface area contributed by atoms with Crippen molar-refractivity contribution in [1.82, 2.24) is 0 Å². The van der Waals surface area contributed by atoms with Gasteiger partial charge in [0.2, 0.25) is 0 Å².